The predicted molar refractivity (Wildman–Crippen MR) is 135 cm³/mol. The molecule has 0 radical (unpaired) electrons. The Morgan fingerprint density at radius 3 is 1.76 bits per heavy atom. The highest BCUT2D eigenvalue weighted by Gasteiger charge is 2.29. The monoisotopic (exact) mass is 520 g/mol. The Hall–Kier alpha value is -2.54. The number of halogens is 4. The lowest BCUT2D eigenvalue weighted by Gasteiger charge is -2.30. The van der Waals surface area contributed by atoms with Gasteiger partial charge in [-0.05, 0) is 99.3 Å². The average Bonchev–Trinajstić information content (AvgIpc) is 2.92. The van der Waals surface area contributed by atoms with Crippen LogP contribution in [0.25, 0.3) is 0 Å². The average molecular weight is 521 g/mol. The van der Waals surface area contributed by atoms with Crippen LogP contribution in [0.4, 0.5) is 17.6 Å². The second-order valence-corrected chi connectivity index (χ2v) is 10.1. The van der Waals surface area contributed by atoms with Gasteiger partial charge in [-0.1, -0.05) is 24.8 Å². The lowest BCUT2D eigenvalue weighted by atomic mass is 9.79. The maximum absolute atomic E-state index is 14.9. The maximum atomic E-state index is 14.9. The first-order valence-corrected chi connectivity index (χ1v) is 13.4. The minimum absolute atomic E-state index is 0.0108. The highest BCUT2D eigenvalue weighted by Crippen LogP contribution is 2.40. The van der Waals surface area contributed by atoms with Crippen molar-refractivity contribution in [2.75, 3.05) is 19.8 Å². The molecule has 0 spiro atoms. The molecule has 0 atom stereocenters. The summed E-state index contributed by atoms with van der Waals surface area (Å²) in [6.45, 7) is 6.50. The van der Waals surface area contributed by atoms with E-state index in [1.807, 2.05) is 6.92 Å². The first kappa shape index (κ1) is 27.5. The topological polar surface area (TPSA) is 27.7 Å². The molecule has 2 aromatic carbocycles. The zero-order valence-electron chi connectivity index (χ0n) is 21.4. The number of hydrogen-bond acceptors (Lipinski definition) is 3. The SMILES string of the molecule is C=CCOc1ccc(C2CCC(COc3ccc(C4CCC(OCC)CC4)c(F)c3F)CC2)c(F)c1F. The molecule has 0 aliphatic heterocycles. The van der Waals surface area contributed by atoms with Gasteiger partial charge in [0.15, 0.2) is 23.1 Å². The van der Waals surface area contributed by atoms with Crippen LogP contribution in [0.2, 0.25) is 0 Å². The number of rotatable bonds is 10. The van der Waals surface area contributed by atoms with Gasteiger partial charge in [0.05, 0.1) is 12.7 Å². The molecule has 2 fully saturated rings. The van der Waals surface area contributed by atoms with Gasteiger partial charge < -0.3 is 14.2 Å². The zero-order valence-corrected chi connectivity index (χ0v) is 21.4. The Bertz CT molecular complexity index is 1060. The normalized spacial score (nSPS) is 24.0. The van der Waals surface area contributed by atoms with E-state index in [-0.39, 0.29) is 48.6 Å². The first-order valence-electron chi connectivity index (χ1n) is 13.4. The molecule has 0 aromatic heterocycles. The fourth-order valence-corrected chi connectivity index (χ4v) is 5.72. The lowest BCUT2D eigenvalue weighted by Crippen LogP contribution is -2.22. The Kier molecular flexibility index (Phi) is 9.52. The molecule has 202 valence electrons. The lowest BCUT2D eigenvalue weighted by molar-refractivity contribution is 0.0325. The molecule has 4 rings (SSSR count). The summed E-state index contributed by atoms with van der Waals surface area (Å²) in [5.41, 5.74) is 0.761. The van der Waals surface area contributed by atoms with Gasteiger partial charge in [-0.3, -0.25) is 0 Å². The summed E-state index contributed by atoms with van der Waals surface area (Å²) in [6.07, 6.45) is 7.72. The third-order valence-electron chi connectivity index (χ3n) is 7.79. The third kappa shape index (κ3) is 6.49. The van der Waals surface area contributed by atoms with Crippen molar-refractivity contribution in [3.8, 4) is 11.5 Å². The number of benzene rings is 2. The Labute approximate surface area is 216 Å². The summed E-state index contributed by atoms with van der Waals surface area (Å²) in [5.74, 6) is -3.78. The molecule has 0 N–H and O–H groups in total. The van der Waals surface area contributed by atoms with Crippen LogP contribution in [0.5, 0.6) is 11.5 Å². The van der Waals surface area contributed by atoms with Gasteiger partial charge >= 0.3 is 0 Å². The highest BCUT2D eigenvalue weighted by molar-refractivity contribution is 5.34. The van der Waals surface area contributed by atoms with Gasteiger partial charge in [0.2, 0.25) is 11.6 Å². The number of hydrogen-bond donors (Lipinski definition) is 0. The molecule has 3 nitrogen and oxygen atoms in total. The van der Waals surface area contributed by atoms with Crippen LogP contribution < -0.4 is 9.47 Å². The van der Waals surface area contributed by atoms with Crippen molar-refractivity contribution in [1.29, 1.82) is 0 Å². The molecule has 7 heteroatoms. The predicted octanol–water partition coefficient (Wildman–Crippen LogP) is 8.22. The van der Waals surface area contributed by atoms with Gasteiger partial charge in [-0.2, -0.15) is 8.78 Å². The van der Waals surface area contributed by atoms with E-state index in [4.69, 9.17) is 14.2 Å². The molecule has 2 aliphatic rings. The van der Waals surface area contributed by atoms with Crippen molar-refractivity contribution >= 4 is 0 Å². The van der Waals surface area contributed by atoms with E-state index < -0.39 is 23.3 Å². The summed E-state index contributed by atoms with van der Waals surface area (Å²) in [4.78, 5) is 0. The molecule has 2 aliphatic carbocycles. The van der Waals surface area contributed by atoms with E-state index in [2.05, 4.69) is 6.58 Å². The summed E-state index contributed by atoms with van der Waals surface area (Å²) in [5, 5.41) is 0. The van der Waals surface area contributed by atoms with Crippen molar-refractivity contribution in [2.24, 2.45) is 5.92 Å². The number of ether oxygens (including phenoxy) is 3. The van der Waals surface area contributed by atoms with Gasteiger partial charge in [0, 0.05) is 6.61 Å². The zero-order chi connectivity index (χ0) is 26.4. The summed E-state index contributed by atoms with van der Waals surface area (Å²) < 4.78 is 75.3. The van der Waals surface area contributed by atoms with Gasteiger partial charge in [0.1, 0.15) is 6.61 Å². The van der Waals surface area contributed by atoms with E-state index >= 15 is 0 Å². The van der Waals surface area contributed by atoms with E-state index in [0.717, 1.165) is 38.5 Å². The molecule has 0 bridgehead atoms. The van der Waals surface area contributed by atoms with Gasteiger partial charge in [-0.25, -0.2) is 8.78 Å². The minimum Gasteiger partial charge on any atom is -0.490 e. The van der Waals surface area contributed by atoms with E-state index in [9.17, 15) is 17.6 Å². The maximum Gasteiger partial charge on any atom is 0.200 e. The molecule has 0 saturated heterocycles. The fourth-order valence-electron chi connectivity index (χ4n) is 5.72. The molecule has 0 amide bonds. The van der Waals surface area contributed by atoms with Crippen LogP contribution in [0.3, 0.4) is 0 Å². The molecule has 2 aromatic rings. The molecule has 37 heavy (non-hydrogen) atoms. The third-order valence-corrected chi connectivity index (χ3v) is 7.79. The van der Waals surface area contributed by atoms with Crippen LogP contribution in [0, 0.1) is 29.2 Å². The van der Waals surface area contributed by atoms with Crippen LogP contribution in [0.1, 0.15) is 81.3 Å². The molecule has 0 unspecified atom stereocenters. The summed E-state index contributed by atoms with van der Waals surface area (Å²) in [6, 6.07) is 6.22. The van der Waals surface area contributed by atoms with Crippen LogP contribution in [-0.2, 0) is 4.74 Å². The van der Waals surface area contributed by atoms with Gasteiger partial charge in [-0.15, -0.1) is 0 Å². The second kappa shape index (κ2) is 12.8. The first-order chi connectivity index (χ1) is 17.9. The highest BCUT2D eigenvalue weighted by atomic mass is 19.2. The summed E-state index contributed by atoms with van der Waals surface area (Å²) >= 11 is 0. The Balaban J connectivity index is 1.30. The largest absolute Gasteiger partial charge is 0.490 e. The smallest absolute Gasteiger partial charge is 0.200 e. The molecular formula is C30H36F4O3. The quantitative estimate of drug-likeness (QED) is 0.233. The van der Waals surface area contributed by atoms with Crippen molar-refractivity contribution in [3.05, 3.63) is 71.3 Å². The van der Waals surface area contributed by atoms with Crippen molar-refractivity contribution < 1.29 is 31.8 Å². The van der Waals surface area contributed by atoms with Crippen LogP contribution >= 0.6 is 0 Å². The van der Waals surface area contributed by atoms with Gasteiger partial charge in [0.25, 0.3) is 0 Å². The van der Waals surface area contributed by atoms with E-state index in [1.165, 1.54) is 18.2 Å². The Morgan fingerprint density at radius 1 is 0.730 bits per heavy atom. The summed E-state index contributed by atoms with van der Waals surface area (Å²) in [7, 11) is 0. The van der Waals surface area contributed by atoms with Crippen LogP contribution in [0.15, 0.2) is 36.9 Å². The van der Waals surface area contributed by atoms with Crippen molar-refractivity contribution in [1.82, 2.24) is 0 Å². The standard InChI is InChI=1S/C30H36F4O3/c1-3-17-36-25-15-13-23(27(31)29(25)33)20-7-5-19(6-8-20)18-37-26-16-14-24(28(32)30(26)34)21-9-11-22(12-10-21)35-4-2/h3,13-16,19-22H,1,4-12,17-18H2,2H3. The van der Waals surface area contributed by atoms with E-state index in [0.29, 0.717) is 30.6 Å². The van der Waals surface area contributed by atoms with Crippen molar-refractivity contribution in [3.63, 3.8) is 0 Å². The molecular weight excluding hydrogens is 484 g/mol. The van der Waals surface area contributed by atoms with Crippen LogP contribution in [-0.4, -0.2) is 25.9 Å². The minimum atomic E-state index is -0.979. The Morgan fingerprint density at radius 2 is 1.24 bits per heavy atom. The van der Waals surface area contributed by atoms with Crippen molar-refractivity contribution in [2.45, 2.75) is 76.2 Å². The second-order valence-electron chi connectivity index (χ2n) is 10.1. The fraction of sp³-hybridized carbons (Fsp3) is 0.533. The molecule has 2 saturated carbocycles. The molecule has 0 heterocycles. The van der Waals surface area contributed by atoms with E-state index in [1.54, 1.807) is 12.1 Å².